The number of aromatic nitrogens is 1. The molecule has 0 saturated heterocycles. The number of aliphatic carboxylic acids is 1. The van der Waals surface area contributed by atoms with Gasteiger partial charge in [-0.2, -0.15) is 5.26 Å². The van der Waals surface area contributed by atoms with Gasteiger partial charge < -0.3 is 5.11 Å². The van der Waals surface area contributed by atoms with Crippen molar-refractivity contribution in [1.82, 2.24) is 4.98 Å². The number of rotatable bonds is 3. The quantitative estimate of drug-likeness (QED) is 0.824. The molecule has 0 unspecified atom stereocenters. The molecule has 1 aromatic rings. The van der Waals surface area contributed by atoms with Gasteiger partial charge >= 0.3 is 5.97 Å². The Morgan fingerprint density at radius 1 is 1.60 bits per heavy atom. The van der Waals surface area contributed by atoms with Crippen molar-refractivity contribution in [3.05, 3.63) is 29.1 Å². The minimum absolute atomic E-state index is 0.0109. The van der Waals surface area contributed by atoms with Crippen molar-refractivity contribution in [3.8, 4) is 6.07 Å². The Balaban J connectivity index is 3.11. The monoisotopic (exact) mass is 212 g/mol. The number of pyridine rings is 1. The fourth-order valence-electron chi connectivity index (χ4n) is 1.03. The third-order valence-corrected chi connectivity index (χ3v) is 1.64. The van der Waals surface area contributed by atoms with Crippen molar-refractivity contribution in [2.75, 3.05) is 0 Å². The van der Waals surface area contributed by atoms with Crippen LogP contribution in [0, 0.1) is 11.3 Å². The van der Waals surface area contributed by atoms with Crippen molar-refractivity contribution in [2.24, 2.45) is 0 Å². The number of carbonyl (C=O) groups is 1. The van der Waals surface area contributed by atoms with Crippen LogP contribution in [-0.2, 0) is 11.2 Å². The van der Waals surface area contributed by atoms with Gasteiger partial charge in [0.05, 0.1) is 17.7 Å². The second-order valence-corrected chi connectivity index (χ2v) is 2.72. The Bertz CT molecular complexity index is 427. The number of alkyl halides is 2. The van der Waals surface area contributed by atoms with Gasteiger partial charge in [0.15, 0.2) is 0 Å². The van der Waals surface area contributed by atoms with Crippen LogP contribution in [-0.4, -0.2) is 16.1 Å². The van der Waals surface area contributed by atoms with Crippen LogP contribution in [0.3, 0.4) is 0 Å². The molecule has 1 aromatic heterocycles. The molecule has 0 saturated carbocycles. The number of hydrogen-bond acceptors (Lipinski definition) is 3. The molecule has 0 aliphatic heterocycles. The minimum Gasteiger partial charge on any atom is -0.481 e. The Labute approximate surface area is 83.8 Å². The van der Waals surface area contributed by atoms with Gasteiger partial charge in [-0.25, -0.2) is 13.8 Å². The number of halogens is 2. The van der Waals surface area contributed by atoms with Gasteiger partial charge in [0.25, 0.3) is 6.43 Å². The van der Waals surface area contributed by atoms with Crippen molar-refractivity contribution in [1.29, 1.82) is 5.26 Å². The molecule has 78 valence electrons. The fraction of sp³-hybridized carbons (Fsp3) is 0.222. The zero-order valence-corrected chi connectivity index (χ0v) is 7.44. The first-order chi connectivity index (χ1) is 7.04. The van der Waals surface area contributed by atoms with E-state index in [-0.39, 0.29) is 11.3 Å². The molecule has 0 aliphatic rings. The normalized spacial score (nSPS) is 10.0. The summed E-state index contributed by atoms with van der Waals surface area (Å²) in [6, 6.07) is 3.96. The van der Waals surface area contributed by atoms with Gasteiger partial charge in [0, 0.05) is 0 Å². The predicted molar refractivity (Wildman–Crippen MR) is 45.2 cm³/mol. The van der Waals surface area contributed by atoms with E-state index in [4.69, 9.17) is 10.4 Å². The third kappa shape index (κ3) is 2.71. The lowest BCUT2D eigenvalue weighted by atomic mass is 10.1. The summed E-state index contributed by atoms with van der Waals surface area (Å²) in [6.07, 6.45) is -3.32. The molecule has 0 radical (unpaired) electrons. The number of hydrogen-bond donors (Lipinski definition) is 1. The van der Waals surface area contributed by atoms with E-state index in [1.165, 1.54) is 6.07 Å². The summed E-state index contributed by atoms with van der Waals surface area (Å²) < 4.78 is 24.7. The Kier molecular flexibility index (Phi) is 3.29. The van der Waals surface area contributed by atoms with Crippen molar-refractivity contribution >= 4 is 5.97 Å². The highest BCUT2D eigenvalue weighted by atomic mass is 19.3. The summed E-state index contributed by atoms with van der Waals surface area (Å²) in [5, 5.41) is 16.9. The SMILES string of the molecule is N#Cc1ccc(CC(=O)O)nc1C(F)F. The fourth-order valence-corrected chi connectivity index (χ4v) is 1.03. The zero-order valence-electron chi connectivity index (χ0n) is 7.44. The topological polar surface area (TPSA) is 74.0 Å². The molecule has 6 heteroatoms. The average Bonchev–Trinajstić information content (AvgIpc) is 2.16. The first-order valence-electron chi connectivity index (χ1n) is 3.94. The molecule has 0 spiro atoms. The van der Waals surface area contributed by atoms with Gasteiger partial charge in [-0.3, -0.25) is 4.79 Å². The summed E-state index contributed by atoms with van der Waals surface area (Å²) in [4.78, 5) is 13.7. The molecule has 0 bridgehead atoms. The Morgan fingerprint density at radius 3 is 2.73 bits per heavy atom. The van der Waals surface area contributed by atoms with E-state index in [0.717, 1.165) is 6.07 Å². The Hall–Kier alpha value is -2.03. The van der Waals surface area contributed by atoms with E-state index < -0.39 is 24.5 Å². The third-order valence-electron chi connectivity index (χ3n) is 1.64. The molecule has 4 nitrogen and oxygen atoms in total. The molecule has 1 heterocycles. The number of carboxylic acids is 1. The number of nitrogens with zero attached hydrogens (tertiary/aromatic N) is 2. The lowest BCUT2D eigenvalue weighted by Gasteiger charge is -2.03. The molecule has 0 fully saturated rings. The van der Waals surface area contributed by atoms with Crippen LogP contribution < -0.4 is 0 Å². The molecule has 0 atom stereocenters. The van der Waals surface area contributed by atoms with Crippen LogP contribution in [0.5, 0.6) is 0 Å². The van der Waals surface area contributed by atoms with E-state index >= 15 is 0 Å². The summed E-state index contributed by atoms with van der Waals surface area (Å²) in [7, 11) is 0. The smallest absolute Gasteiger partial charge is 0.309 e. The summed E-state index contributed by atoms with van der Waals surface area (Å²) in [6.45, 7) is 0. The molecule has 1 rings (SSSR count). The lowest BCUT2D eigenvalue weighted by molar-refractivity contribution is -0.136. The van der Waals surface area contributed by atoms with Crippen LogP contribution in [0.4, 0.5) is 8.78 Å². The maximum atomic E-state index is 12.4. The van der Waals surface area contributed by atoms with Crippen LogP contribution in [0.25, 0.3) is 0 Å². The zero-order chi connectivity index (χ0) is 11.4. The molecule has 0 aromatic carbocycles. The molecular weight excluding hydrogens is 206 g/mol. The second-order valence-electron chi connectivity index (χ2n) is 2.72. The van der Waals surface area contributed by atoms with E-state index in [2.05, 4.69) is 4.98 Å². The van der Waals surface area contributed by atoms with Crippen molar-refractivity contribution in [3.63, 3.8) is 0 Å². The number of nitriles is 1. The largest absolute Gasteiger partial charge is 0.481 e. The summed E-state index contributed by atoms with van der Waals surface area (Å²) >= 11 is 0. The molecule has 15 heavy (non-hydrogen) atoms. The van der Waals surface area contributed by atoms with E-state index in [1.54, 1.807) is 6.07 Å². The van der Waals surface area contributed by atoms with Gasteiger partial charge in [-0.15, -0.1) is 0 Å². The minimum atomic E-state index is -2.88. The van der Waals surface area contributed by atoms with Crippen LogP contribution in [0.2, 0.25) is 0 Å². The Morgan fingerprint density at radius 2 is 2.27 bits per heavy atom. The predicted octanol–water partition coefficient (Wildman–Crippen LogP) is 1.52. The van der Waals surface area contributed by atoms with Crippen molar-refractivity contribution < 1.29 is 18.7 Å². The lowest BCUT2D eigenvalue weighted by Crippen LogP contribution is -2.05. The summed E-state index contributed by atoms with van der Waals surface area (Å²) in [5.41, 5.74) is -0.896. The van der Waals surface area contributed by atoms with Crippen LogP contribution >= 0.6 is 0 Å². The highest BCUT2D eigenvalue weighted by Gasteiger charge is 2.16. The summed E-state index contributed by atoms with van der Waals surface area (Å²) in [5.74, 6) is -1.16. The molecular formula is C9H6F2N2O2. The molecule has 1 N–H and O–H groups in total. The van der Waals surface area contributed by atoms with Gasteiger partial charge in [0.2, 0.25) is 0 Å². The van der Waals surface area contributed by atoms with Crippen LogP contribution in [0.15, 0.2) is 12.1 Å². The van der Waals surface area contributed by atoms with Gasteiger partial charge in [-0.05, 0) is 12.1 Å². The maximum Gasteiger partial charge on any atom is 0.309 e. The second kappa shape index (κ2) is 4.46. The first-order valence-corrected chi connectivity index (χ1v) is 3.94. The van der Waals surface area contributed by atoms with E-state index in [1.807, 2.05) is 0 Å². The average molecular weight is 212 g/mol. The molecule has 0 aliphatic carbocycles. The van der Waals surface area contributed by atoms with Crippen LogP contribution in [0.1, 0.15) is 23.4 Å². The van der Waals surface area contributed by atoms with Crippen molar-refractivity contribution in [2.45, 2.75) is 12.8 Å². The molecule has 0 amide bonds. The van der Waals surface area contributed by atoms with E-state index in [0.29, 0.717) is 0 Å². The maximum absolute atomic E-state index is 12.4. The number of carboxylic acid groups (broad SMARTS) is 1. The van der Waals surface area contributed by atoms with Gasteiger partial charge in [-0.1, -0.05) is 0 Å². The first kappa shape index (κ1) is 11.0. The van der Waals surface area contributed by atoms with Gasteiger partial charge in [0.1, 0.15) is 11.8 Å². The standard InChI is InChI=1S/C9H6F2N2O2/c10-9(11)8-5(4-12)1-2-6(13-8)3-7(14)15/h1-2,9H,3H2,(H,14,15). The van der Waals surface area contributed by atoms with E-state index in [9.17, 15) is 13.6 Å². The highest BCUT2D eigenvalue weighted by molar-refractivity contribution is 5.69. The highest BCUT2D eigenvalue weighted by Crippen LogP contribution is 2.20.